The Balaban J connectivity index is 1.29. The van der Waals surface area contributed by atoms with Gasteiger partial charge in [0.05, 0.1) is 16.8 Å². The molecule has 10 nitrogen and oxygen atoms in total. The number of amides is 2. The van der Waals surface area contributed by atoms with E-state index >= 15 is 0 Å². The SMILES string of the molecule is COC(OC)c1ccc(C(=O)Nc2cccc(-c3cccc(NC(=O)c4ccc(CN5CCC(O)C5)cn4)c3Cl)c2C)nc1. The Morgan fingerprint density at radius 2 is 1.57 bits per heavy atom. The molecule has 228 valence electrons. The minimum absolute atomic E-state index is 0.240. The molecule has 2 aromatic carbocycles. The van der Waals surface area contributed by atoms with Crippen molar-refractivity contribution in [3.05, 3.63) is 106 Å². The third kappa shape index (κ3) is 7.12. The van der Waals surface area contributed by atoms with Crippen LogP contribution in [-0.2, 0) is 16.0 Å². The van der Waals surface area contributed by atoms with Crippen LogP contribution in [0.1, 0.15) is 50.4 Å². The van der Waals surface area contributed by atoms with E-state index in [1.54, 1.807) is 48.8 Å². The zero-order valence-corrected chi connectivity index (χ0v) is 25.5. The predicted molar refractivity (Wildman–Crippen MR) is 169 cm³/mol. The van der Waals surface area contributed by atoms with Gasteiger partial charge in [0.25, 0.3) is 11.8 Å². The number of nitrogens with one attached hydrogen (secondary N) is 2. The largest absolute Gasteiger partial charge is 0.392 e. The van der Waals surface area contributed by atoms with Crippen LogP contribution in [0.15, 0.2) is 73.1 Å². The molecule has 3 heterocycles. The molecule has 2 amide bonds. The van der Waals surface area contributed by atoms with Crippen molar-refractivity contribution in [2.24, 2.45) is 0 Å². The molecule has 0 saturated carbocycles. The molecule has 0 radical (unpaired) electrons. The number of likely N-dealkylation sites (tertiary alicyclic amines) is 1. The molecule has 1 saturated heterocycles. The van der Waals surface area contributed by atoms with Crippen LogP contribution >= 0.6 is 11.6 Å². The van der Waals surface area contributed by atoms with Crippen molar-refractivity contribution in [1.29, 1.82) is 0 Å². The molecule has 44 heavy (non-hydrogen) atoms. The van der Waals surface area contributed by atoms with Gasteiger partial charge in [0.15, 0.2) is 6.29 Å². The van der Waals surface area contributed by atoms with Crippen molar-refractivity contribution in [2.75, 3.05) is 37.9 Å². The molecular formula is C33H34ClN5O5. The van der Waals surface area contributed by atoms with Gasteiger partial charge in [-0.2, -0.15) is 0 Å². The molecule has 0 bridgehead atoms. The Morgan fingerprint density at radius 3 is 2.16 bits per heavy atom. The van der Waals surface area contributed by atoms with Gasteiger partial charge >= 0.3 is 0 Å². The second-order valence-electron chi connectivity index (χ2n) is 10.6. The predicted octanol–water partition coefficient (Wildman–Crippen LogP) is 5.47. The quantitative estimate of drug-likeness (QED) is 0.201. The van der Waals surface area contributed by atoms with Crippen LogP contribution in [0, 0.1) is 6.92 Å². The van der Waals surface area contributed by atoms with Crippen LogP contribution < -0.4 is 10.6 Å². The van der Waals surface area contributed by atoms with Crippen LogP contribution in [0.4, 0.5) is 11.4 Å². The van der Waals surface area contributed by atoms with Gasteiger partial charge in [-0.3, -0.25) is 24.5 Å². The third-order valence-corrected chi connectivity index (χ3v) is 7.96. The highest BCUT2D eigenvalue weighted by molar-refractivity contribution is 6.36. The number of benzene rings is 2. The summed E-state index contributed by atoms with van der Waals surface area (Å²) in [6.45, 7) is 4.04. The number of carbonyl (C=O) groups excluding carboxylic acids is 2. The highest BCUT2D eigenvalue weighted by Gasteiger charge is 2.21. The zero-order chi connectivity index (χ0) is 31.2. The number of aromatic nitrogens is 2. The van der Waals surface area contributed by atoms with E-state index in [1.807, 2.05) is 31.2 Å². The number of hydrogen-bond donors (Lipinski definition) is 3. The Morgan fingerprint density at radius 1 is 0.932 bits per heavy atom. The summed E-state index contributed by atoms with van der Waals surface area (Å²) in [5.41, 5.74) is 5.49. The minimum atomic E-state index is -0.568. The lowest BCUT2D eigenvalue weighted by Gasteiger charge is -2.16. The first-order valence-electron chi connectivity index (χ1n) is 14.2. The number of aliphatic hydroxyl groups is 1. The fourth-order valence-electron chi connectivity index (χ4n) is 5.19. The van der Waals surface area contributed by atoms with Gasteiger partial charge < -0.3 is 25.2 Å². The van der Waals surface area contributed by atoms with Gasteiger partial charge in [-0.25, -0.2) is 0 Å². The van der Waals surface area contributed by atoms with Gasteiger partial charge in [0.1, 0.15) is 11.4 Å². The molecule has 1 atom stereocenters. The fourth-order valence-corrected chi connectivity index (χ4v) is 5.46. The molecule has 3 N–H and O–H groups in total. The van der Waals surface area contributed by atoms with Crippen molar-refractivity contribution < 1.29 is 24.2 Å². The number of methoxy groups -OCH3 is 2. The standard InChI is InChI=1S/C33H34ClN5O5/c1-20-24(6-4-8-26(20)37-31(41)29-13-11-22(17-36-29)33(43-2)44-3)25-7-5-9-27(30(25)34)38-32(42)28-12-10-21(16-35-28)18-39-15-14-23(40)19-39/h4-13,16-17,23,33,40H,14-15,18-19H2,1-3H3,(H,37,41)(H,38,42). The molecule has 5 rings (SSSR count). The monoisotopic (exact) mass is 615 g/mol. The summed E-state index contributed by atoms with van der Waals surface area (Å²) < 4.78 is 10.5. The molecular weight excluding hydrogens is 582 g/mol. The van der Waals surface area contributed by atoms with E-state index in [0.717, 1.165) is 29.7 Å². The molecule has 4 aromatic rings. The van der Waals surface area contributed by atoms with Gasteiger partial charge in [-0.15, -0.1) is 0 Å². The topological polar surface area (TPSA) is 126 Å². The van der Waals surface area contributed by atoms with Crippen molar-refractivity contribution in [2.45, 2.75) is 32.3 Å². The molecule has 0 spiro atoms. The normalized spacial score (nSPS) is 15.0. The Labute approximate surface area is 261 Å². The number of β-amino-alcohol motifs (C(OH)–C–C–N with tert-alkyl or cyclic N) is 1. The van der Waals surface area contributed by atoms with E-state index in [-0.39, 0.29) is 29.3 Å². The number of hydrogen-bond acceptors (Lipinski definition) is 8. The Kier molecular flexibility index (Phi) is 9.99. The number of rotatable bonds is 10. The van der Waals surface area contributed by atoms with Crippen LogP contribution in [0.2, 0.25) is 5.02 Å². The second-order valence-corrected chi connectivity index (χ2v) is 10.9. The van der Waals surface area contributed by atoms with Crippen molar-refractivity contribution >= 4 is 34.8 Å². The fraction of sp³-hybridized carbons (Fsp3) is 0.273. The van der Waals surface area contributed by atoms with Gasteiger partial charge in [0, 0.05) is 63.1 Å². The first-order valence-corrected chi connectivity index (χ1v) is 14.5. The van der Waals surface area contributed by atoms with E-state index in [4.69, 9.17) is 21.1 Å². The molecule has 1 aliphatic rings. The molecule has 2 aromatic heterocycles. The lowest BCUT2D eigenvalue weighted by molar-refractivity contribution is -0.106. The smallest absolute Gasteiger partial charge is 0.274 e. The Hall–Kier alpha value is -4.19. The summed E-state index contributed by atoms with van der Waals surface area (Å²) in [6, 6.07) is 17.8. The number of pyridine rings is 2. The number of ether oxygens (including phenoxy) is 2. The highest BCUT2D eigenvalue weighted by Crippen LogP contribution is 2.37. The molecule has 1 fully saturated rings. The summed E-state index contributed by atoms with van der Waals surface area (Å²) >= 11 is 6.82. The lowest BCUT2D eigenvalue weighted by atomic mass is 9.98. The van der Waals surface area contributed by atoms with E-state index in [0.29, 0.717) is 40.6 Å². The van der Waals surface area contributed by atoms with Crippen LogP contribution in [0.3, 0.4) is 0 Å². The van der Waals surface area contributed by atoms with Crippen LogP contribution in [-0.4, -0.2) is 65.2 Å². The third-order valence-electron chi connectivity index (χ3n) is 7.55. The molecule has 1 aliphatic heterocycles. The number of anilines is 2. The Bertz CT molecular complexity index is 1630. The summed E-state index contributed by atoms with van der Waals surface area (Å²) in [5, 5.41) is 15.9. The van der Waals surface area contributed by atoms with E-state index in [2.05, 4.69) is 25.5 Å². The van der Waals surface area contributed by atoms with Crippen LogP contribution in [0.5, 0.6) is 0 Å². The average molecular weight is 616 g/mol. The number of aliphatic hydroxyl groups excluding tert-OH is 1. The summed E-state index contributed by atoms with van der Waals surface area (Å²) in [7, 11) is 3.06. The van der Waals surface area contributed by atoms with E-state index < -0.39 is 6.29 Å². The number of nitrogens with zero attached hydrogens (tertiary/aromatic N) is 3. The van der Waals surface area contributed by atoms with Crippen molar-refractivity contribution in [3.63, 3.8) is 0 Å². The second kappa shape index (κ2) is 14.1. The number of halogens is 1. The maximum absolute atomic E-state index is 13.0. The highest BCUT2D eigenvalue weighted by atomic mass is 35.5. The van der Waals surface area contributed by atoms with Crippen molar-refractivity contribution in [3.8, 4) is 11.1 Å². The van der Waals surface area contributed by atoms with E-state index in [9.17, 15) is 14.7 Å². The summed E-state index contributed by atoms with van der Waals surface area (Å²) in [6.07, 6.45) is 3.14. The van der Waals surface area contributed by atoms with E-state index in [1.165, 1.54) is 14.2 Å². The van der Waals surface area contributed by atoms with Gasteiger partial charge in [-0.1, -0.05) is 48.0 Å². The average Bonchev–Trinajstić information content (AvgIpc) is 3.44. The maximum Gasteiger partial charge on any atom is 0.274 e. The van der Waals surface area contributed by atoms with Gasteiger partial charge in [0.2, 0.25) is 0 Å². The molecule has 1 unspecified atom stereocenters. The molecule has 11 heteroatoms. The first-order chi connectivity index (χ1) is 21.3. The maximum atomic E-state index is 13.0. The number of carbonyl (C=O) groups is 2. The lowest BCUT2D eigenvalue weighted by Crippen LogP contribution is -2.21. The summed E-state index contributed by atoms with van der Waals surface area (Å²) in [5.74, 6) is -0.752. The summed E-state index contributed by atoms with van der Waals surface area (Å²) in [4.78, 5) is 36.8. The molecule has 0 aliphatic carbocycles. The first kappa shape index (κ1) is 31.2. The minimum Gasteiger partial charge on any atom is -0.392 e. The zero-order valence-electron chi connectivity index (χ0n) is 24.7. The van der Waals surface area contributed by atoms with Crippen LogP contribution in [0.25, 0.3) is 11.1 Å². The van der Waals surface area contributed by atoms with Gasteiger partial charge in [-0.05, 0) is 54.3 Å². The van der Waals surface area contributed by atoms with Crippen molar-refractivity contribution in [1.82, 2.24) is 14.9 Å².